The first-order valence-electron chi connectivity index (χ1n) is 8.49. The maximum absolute atomic E-state index is 12.2. The lowest BCUT2D eigenvalue weighted by molar-refractivity contribution is -0.126. The third kappa shape index (κ3) is 4.05. The smallest absolute Gasteiger partial charge is 0.137 e. The molecule has 0 aliphatic heterocycles. The zero-order valence-corrected chi connectivity index (χ0v) is 12.4. The lowest BCUT2D eigenvalue weighted by Gasteiger charge is -2.32. The van der Waals surface area contributed by atoms with Crippen LogP contribution in [0.25, 0.3) is 0 Å². The van der Waals surface area contributed by atoms with Crippen LogP contribution < -0.4 is 0 Å². The molecule has 2 heteroatoms. The molecule has 0 aromatic carbocycles. The van der Waals surface area contributed by atoms with Crippen LogP contribution in [-0.4, -0.2) is 30.3 Å². The fourth-order valence-corrected chi connectivity index (χ4v) is 3.62. The Hall–Kier alpha value is -0.370. The second kappa shape index (κ2) is 5.95. The van der Waals surface area contributed by atoms with Crippen LogP contribution >= 0.6 is 0 Å². The minimum Gasteiger partial charge on any atom is -0.302 e. The fourth-order valence-electron chi connectivity index (χ4n) is 3.62. The molecule has 108 valence electrons. The molecule has 0 aromatic heterocycles. The van der Waals surface area contributed by atoms with Crippen LogP contribution in [0, 0.1) is 23.7 Å². The molecule has 0 spiro atoms. The van der Waals surface area contributed by atoms with Crippen LogP contribution in [0.3, 0.4) is 0 Å². The van der Waals surface area contributed by atoms with Gasteiger partial charge < -0.3 is 4.90 Å². The van der Waals surface area contributed by atoms with E-state index < -0.39 is 0 Å². The van der Waals surface area contributed by atoms with E-state index in [9.17, 15) is 4.79 Å². The number of rotatable bonds is 7. The summed E-state index contributed by atoms with van der Waals surface area (Å²) in [6.07, 6.45) is 10.1. The van der Waals surface area contributed by atoms with E-state index in [1.54, 1.807) is 0 Å². The first-order valence-corrected chi connectivity index (χ1v) is 8.49. The number of hydrogen-bond donors (Lipinski definition) is 0. The summed E-state index contributed by atoms with van der Waals surface area (Å²) >= 11 is 0. The van der Waals surface area contributed by atoms with Crippen LogP contribution in [0.5, 0.6) is 0 Å². The highest BCUT2D eigenvalue weighted by Gasteiger charge is 2.33. The molecule has 3 aliphatic rings. The quantitative estimate of drug-likeness (QED) is 0.700. The van der Waals surface area contributed by atoms with Crippen LogP contribution in [-0.2, 0) is 4.79 Å². The summed E-state index contributed by atoms with van der Waals surface area (Å²) in [7, 11) is 0. The van der Waals surface area contributed by atoms with Crippen molar-refractivity contribution in [1.29, 1.82) is 0 Å². The Bertz CT molecular complexity index is 305. The third-order valence-corrected chi connectivity index (χ3v) is 5.35. The van der Waals surface area contributed by atoms with Crippen molar-refractivity contribution in [3.63, 3.8) is 0 Å². The summed E-state index contributed by atoms with van der Waals surface area (Å²) in [5, 5.41) is 0. The first kappa shape index (κ1) is 13.6. The molecule has 0 aromatic rings. The highest BCUT2D eigenvalue weighted by atomic mass is 16.1. The van der Waals surface area contributed by atoms with Gasteiger partial charge in [0.25, 0.3) is 0 Å². The SMILES string of the molecule is CCC1CCC(=O)C(CN(CC2CC2)CC2CC2)C1. The fraction of sp³-hybridized carbons (Fsp3) is 0.941. The van der Waals surface area contributed by atoms with Crippen molar-refractivity contribution in [2.45, 2.75) is 58.3 Å². The summed E-state index contributed by atoms with van der Waals surface area (Å²) in [6, 6.07) is 0. The van der Waals surface area contributed by atoms with Gasteiger partial charge in [0.1, 0.15) is 5.78 Å². The van der Waals surface area contributed by atoms with Crippen LogP contribution in [0.4, 0.5) is 0 Å². The highest BCUT2D eigenvalue weighted by molar-refractivity contribution is 5.81. The maximum Gasteiger partial charge on any atom is 0.137 e. The molecule has 0 bridgehead atoms. The van der Waals surface area contributed by atoms with Gasteiger partial charge in [0.2, 0.25) is 0 Å². The third-order valence-electron chi connectivity index (χ3n) is 5.35. The average Bonchev–Trinajstić information content (AvgIpc) is 3.28. The van der Waals surface area contributed by atoms with Gasteiger partial charge in [0.05, 0.1) is 0 Å². The molecular weight excluding hydrogens is 234 g/mol. The van der Waals surface area contributed by atoms with Gasteiger partial charge in [0, 0.05) is 32.0 Å². The molecule has 2 atom stereocenters. The predicted octanol–water partition coefficient (Wildman–Crippen LogP) is 3.50. The van der Waals surface area contributed by atoms with E-state index in [0.29, 0.717) is 11.7 Å². The van der Waals surface area contributed by atoms with Gasteiger partial charge in [-0.25, -0.2) is 0 Å². The Morgan fingerprint density at radius 2 is 1.58 bits per heavy atom. The lowest BCUT2D eigenvalue weighted by atomic mass is 9.79. The number of nitrogens with zero attached hydrogens (tertiary/aromatic N) is 1. The number of carbonyl (C=O) groups is 1. The number of hydrogen-bond acceptors (Lipinski definition) is 2. The summed E-state index contributed by atoms with van der Waals surface area (Å²) in [5.41, 5.74) is 0. The molecule has 0 radical (unpaired) electrons. The van der Waals surface area contributed by atoms with Gasteiger partial charge in [-0.3, -0.25) is 4.79 Å². The molecule has 2 unspecified atom stereocenters. The molecular formula is C17H29NO. The first-order chi connectivity index (χ1) is 9.24. The van der Waals surface area contributed by atoms with Gasteiger partial charge in [0.15, 0.2) is 0 Å². The van der Waals surface area contributed by atoms with E-state index in [-0.39, 0.29) is 0 Å². The monoisotopic (exact) mass is 263 g/mol. The molecule has 0 N–H and O–H groups in total. The van der Waals surface area contributed by atoms with Crippen molar-refractivity contribution in [3.8, 4) is 0 Å². The van der Waals surface area contributed by atoms with Crippen molar-refractivity contribution in [1.82, 2.24) is 4.90 Å². The van der Waals surface area contributed by atoms with E-state index >= 15 is 0 Å². The lowest BCUT2D eigenvalue weighted by Crippen LogP contribution is -2.38. The average molecular weight is 263 g/mol. The molecule has 3 fully saturated rings. The number of ketones is 1. The van der Waals surface area contributed by atoms with Crippen molar-refractivity contribution in [3.05, 3.63) is 0 Å². The predicted molar refractivity (Wildman–Crippen MR) is 78.0 cm³/mol. The van der Waals surface area contributed by atoms with Gasteiger partial charge in [-0.1, -0.05) is 13.3 Å². The summed E-state index contributed by atoms with van der Waals surface area (Å²) in [4.78, 5) is 14.8. The zero-order valence-electron chi connectivity index (χ0n) is 12.4. The Kier molecular flexibility index (Phi) is 4.26. The summed E-state index contributed by atoms with van der Waals surface area (Å²) in [5.74, 6) is 3.64. The largest absolute Gasteiger partial charge is 0.302 e. The maximum atomic E-state index is 12.2. The van der Waals surface area contributed by atoms with Crippen molar-refractivity contribution in [2.24, 2.45) is 23.7 Å². The minimum atomic E-state index is 0.358. The van der Waals surface area contributed by atoms with E-state index in [2.05, 4.69) is 11.8 Å². The topological polar surface area (TPSA) is 20.3 Å². The number of carbonyl (C=O) groups excluding carboxylic acids is 1. The van der Waals surface area contributed by atoms with Crippen molar-refractivity contribution < 1.29 is 4.79 Å². The van der Waals surface area contributed by atoms with E-state index in [0.717, 1.165) is 37.1 Å². The van der Waals surface area contributed by atoms with Crippen LogP contribution in [0.15, 0.2) is 0 Å². The van der Waals surface area contributed by atoms with Gasteiger partial charge in [-0.05, 0) is 56.3 Å². The second-order valence-electron chi connectivity index (χ2n) is 7.32. The molecule has 0 saturated heterocycles. The summed E-state index contributed by atoms with van der Waals surface area (Å²) in [6.45, 7) is 5.90. The van der Waals surface area contributed by atoms with Gasteiger partial charge >= 0.3 is 0 Å². The molecule has 3 rings (SSSR count). The molecule has 3 saturated carbocycles. The molecule has 0 heterocycles. The highest BCUT2D eigenvalue weighted by Crippen LogP contribution is 2.35. The van der Waals surface area contributed by atoms with Crippen LogP contribution in [0.2, 0.25) is 0 Å². The molecule has 3 aliphatic carbocycles. The normalized spacial score (nSPS) is 32.0. The Balaban J connectivity index is 1.53. The Morgan fingerprint density at radius 1 is 0.947 bits per heavy atom. The molecule has 19 heavy (non-hydrogen) atoms. The Morgan fingerprint density at radius 3 is 2.11 bits per heavy atom. The molecule has 0 amide bonds. The second-order valence-corrected chi connectivity index (χ2v) is 7.32. The van der Waals surface area contributed by atoms with Crippen molar-refractivity contribution >= 4 is 5.78 Å². The van der Waals surface area contributed by atoms with Gasteiger partial charge in [-0.2, -0.15) is 0 Å². The number of Topliss-reactive ketones (excluding diaryl/α,β-unsaturated/α-hetero) is 1. The molecule has 2 nitrogen and oxygen atoms in total. The summed E-state index contributed by atoms with van der Waals surface area (Å²) < 4.78 is 0. The van der Waals surface area contributed by atoms with E-state index in [1.165, 1.54) is 51.6 Å². The zero-order chi connectivity index (χ0) is 13.2. The Labute approximate surface area is 117 Å². The van der Waals surface area contributed by atoms with Crippen LogP contribution in [0.1, 0.15) is 58.3 Å². The van der Waals surface area contributed by atoms with E-state index in [1.807, 2.05) is 0 Å². The standard InChI is InChI=1S/C17H29NO/c1-2-13-7-8-17(19)16(9-13)12-18(10-14-3-4-14)11-15-5-6-15/h13-16H,2-12H2,1H3. The van der Waals surface area contributed by atoms with E-state index in [4.69, 9.17) is 0 Å². The van der Waals surface area contributed by atoms with Gasteiger partial charge in [-0.15, -0.1) is 0 Å². The van der Waals surface area contributed by atoms with Crippen molar-refractivity contribution in [2.75, 3.05) is 19.6 Å². The minimum absolute atomic E-state index is 0.358.